The smallest absolute Gasteiger partial charge is 0.162 e. The van der Waals surface area contributed by atoms with Gasteiger partial charge in [0.2, 0.25) is 0 Å². The Kier molecular flexibility index (Phi) is 4.41. The van der Waals surface area contributed by atoms with Crippen LogP contribution < -0.4 is 20.3 Å². The average Bonchev–Trinajstić information content (AvgIpc) is 2.78. The molecule has 1 aliphatic heterocycles. The van der Waals surface area contributed by atoms with Crippen LogP contribution in [0.1, 0.15) is 5.56 Å². The summed E-state index contributed by atoms with van der Waals surface area (Å²) in [7, 11) is 0. The van der Waals surface area contributed by atoms with Crippen LogP contribution in [-0.4, -0.2) is 13.2 Å². The van der Waals surface area contributed by atoms with E-state index in [4.69, 9.17) is 13.9 Å². The van der Waals surface area contributed by atoms with E-state index in [2.05, 4.69) is 23.5 Å². The molecule has 1 N–H and O–H groups in total. The summed E-state index contributed by atoms with van der Waals surface area (Å²) in [6, 6.07) is 23.8. The molecular formula is C24H20N2O3. The minimum absolute atomic E-state index is 0.548. The van der Waals surface area contributed by atoms with Crippen LogP contribution in [0.2, 0.25) is 0 Å². The lowest BCUT2D eigenvalue weighted by Gasteiger charge is -2.18. The van der Waals surface area contributed by atoms with Crippen molar-refractivity contribution in [2.75, 3.05) is 18.6 Å². The Labute approximate surface area is 168 Å². The summed E-state index contributed by atoms with van der Waals surface area (Å²) >= 11 is 0. The van der Waals surface area contributed by atoms with Crippen LogP contribution in [0.4, 0.5) is 5.69 Å². The van der Waals surface area contributed by atoms with Crippen LogP contribution in [0.5, 0.6) is 11.5 Å². The zero-order chi connectivity index (χ0) is 19.6. The lowest BCUT2D eigenvalue weighted by atomic mass is 10.1. The topological polar surface area (TPSA) is 56.0 Å². The number of benzene rings is 3. The quantitative estimate of drug-likeness (QED) is 0.499. The molecule has 1 aliphatic rings. The van der Waals surface area contributed by atoms with Gasteiger partial charge in [-0.05, 0) is 49.4 Å². The fourth-order valence-corrected chi connectivity index (χ4v) is 3.35. The minimum Gasteiger partial charge on any atom is -0.486 e. The average molecular weight is 384 g/mol. The van der Waals surface area contributed by atoms with Crippen molar-refractivity contribution in [2.24, 2.45) is 5.10 Å². The number of anilines is 1. The number of hydrogen-bond donors (Lipinski definition) is 1. The number of hydrogen-bond acceptors (Lipinski definition) is 5. The molecule has 1 aromatic heterocycles. The summed E-state index contributed by atoms with van der Waals surface area (Å²) < 4.78 is 17.5. The van der Waals surface area contributed by atoms with Gasteiger partial charge < -0.3 is 13.9 Å². The van der Waals surface area contributed by atoms with Crippen molar-refractivity contribution in [1.82, 2.24) is 0 Å². The number of rotatable bonds is 3. The molecule has 0 fully saturated rings. The van der Waals surface area contributed by atoms with E-state index in [1.54, 1.807) is 0 Å². The Bertz CT molecular complexity index is 1250. The Morgan fingerprint density at radius 2 is 1.66 bits per heavy atom. The zero-order valence-electron chi connectivity index (χ0n) is 16.0. The number of nitrogens with one attached hydrogen (secondary N) is 1. The summed E-state index contributed by atoms with van der Waals surface area (Å²) in [6.07, 6.45) is 0. The Balaban J connectivity index is 1.64. The van der Waals surface area contributed by atoms with Gasteiger partial charge in [0.05, 0.1) is 11.0 Å². The first-order valence-electron chi connectivity index (χ1n) is 9.56. The Morgan fingerprint density at radius 3 is 2.52 bits per heavy atom. The third kappa shape index (κ3) is 3.55. The molecule has 0 saturated heterocycles. The largest absolute Gasteiger partial charge is 0.486 e. The second kappa shape index (κ2) is 7.36. The predicted molar refractivity (Wildman–Crippen MR) is 113 cm³/mol. The van der Waals surface area contributed by atoms with Gasteiger partial charge in [-0.15, -0.1) is 0 Å². The van der Waals surface area contributed by atoms with E-state index in [0.717, 1.165) is 44.6 Å². The third-order valence-corrected chi connectivity index (χ3v) is 4.80. The van der Waals surface area contributed by atoms with E-state index in [1.165, 1.54) is 0 Å². The summed E-state index contributed by atoms with van der Waals surface area (Å²) in [5, 5.41) is 6.42. The van der Waals surface area contributed by atoms with Crippen molar-refractivity contribution < 1.29 is 13.9 Å². The molecule has 5 nitrogen and oxygen atoms in total. The van der Waals surface area contributed by atoms with Crippen LogP contribution in [0.3, 0.4) is 0 Å². The van der Waals surface area contributed by atoms with E-state index in [1.807, 2.05) is 66.7 Å². The number of fused-ring (bicyclic) bond motifs is 2. The van der Waals surface area contributed by atoms with Gasteiger partial charge >= 0.3 is 0 Å². The van der Waals surface area contributed by atoms with Crippen molar-refractivity contribution in [3.63, 3.8) is 0 Å². The molecule has 3 aromatic carbocycles. The lowest BCUT2D eigenvalue weighted by Crippen LogP contribution is -2.15. The fraction of sp³-hybridized carbons (Fsp3) is 0.125. The maximum atomic E-state index is 6.20. The first kappa shape index (κ1) is 17.4. The van der Waals surface area contributed by atoms with Crippen molar-refractivity contribution in [1.29, 1.82) is 0 Å². The van der Waals surface area contributed by atoms with Gasteiger partial charge in [0.25, 0.3) is 0 Å². The van der Waals surface area contributed by atoms with Crippen molar-refractivity contribution in [3.05, 3.63) is 83.7 Å². The first-order chi connectivity index (χ1) is 14.3. The van der Waals surface area contributed by atoms with Crippen LogP contribution >= 0.6 is 0 Å². The van der Waals surface area contributed by atoms with E-state index in [-0.39, 0.29) is 0 Å². The Morgan fingerprint density at radius 1 is 0.828 bits per heavy atom. The number of nitrogens with zero attached hydrogens (tertiary/aromatic N) is 1. The molecular weight excluding hydrogens is 364 g/mol. The van der Waals surface area contributed by atoms with Crippen LogP contribution in [0.15, 0.2) is 82.3 Å². The molecule has 2 heterocycles. The van der Waals surface area contributed by atoms with Gasteiger partial charge in [-0.3, -0.25) is 5.43 Å². The molecule has 5 rings (SSSR count). The van der Waals surface area contributed by atoms with E-state index >= 15 is 0 Å². The highest BCUT2D eigenvalue weighted by Crippen LogP contribution is 2.34. The summed E-state index contributed by atoms with van der Waals surface area (Å²) in [5.74, 6) is 2.20. The second-order valence-corrected chi connectivity index (χ2v) is 6.94. The maximum Gasteiger partial charge on any atom is 0.162 e. The van der Waals surface area contributed by atoms with Crippen molar-refractivity contribution >= 4 is 16.7 Å². The molecule has 0 amide bonds. The molecule has 0 bridgehead atoms. The maximum absolute atomic E-state index is 6.20. The summed E-state index contributed by atoms with van der Waals surface area (Å²) in [5.41, 5.74) is 6.90. The van der Waals surface area contributed by atoms with Gasteiger partial charge in [0, 0.05) is 17.0 Å². The zero-order valence-corrected chi connectivity index (χ0v) is 16.0. The standard InChI is InChI=1S/C24H20N2O3/c1-16-7-9-21-19(13-16)20(26-25-18-5-3-2-4-6-18)15-23(29-21)17-8-10-22-24(14-17)28-12-11-27-22/h2-10,13-15,25H,11-12H2,1H3/b26-20-. The van der Waals surface area contributed by atoms with Crippen molar-refractivity contribution in [3.8, 4) is 22.8 Å². The minimum atomic E-state index is 0.548. The van der Waals surface area contributed by atoms with Crippen LogP contribution in [0, 0.1) is 6.92 Å². The molecule has 29 heavy (non-hydrogen) atoms. The van der Waals surface area contributed by atoms with E-state index in [9.17, 15) is 0 Å². The number of ether oxygens (including phenoxy) is 2. The molecule has 144 valence electrons. The SMILES string of the molecule is Cc1ccc2oc(-c3ccc4c(c3)OCCO4)c/c(=N/Nc3ccccc3)c2c1. The Hall–Kier alpha value is -3.73. The highest BCUT2D eigenvalue weighted by Gasteiger charge is 2.14. The lowest BCUT2D eigenvalue weighted by molar-refractivity contribution is 0.171. The number of aryl methyl sites for hydroxylation is 1. The normalized spacial score (nSPS) is 13.5. The molecule has 5 heteroatoms. The van der Waals surface area contributed by atoms with Crippen LogP contribution in [-0.2, 0) is 0 Å². The van der Waals surface area contributed by atoms with Crippen LogP contribution in [0.25, 0.3) is 22.3 Å². The van der Waals surface area contributed by atoms with Gasteiger partial charge in [0.1, 0.15) is 24.6 Å². The van der Waals surface area contributed by atoms with E-state index in [0.29, 0.717) is 19.0 Å². The third-order valence-electron chi connectivity index (χ3n) is 4.80. The predicted octanol–water partition coefficient (Wildman–Crippen LogP) is 5.11. The molecule has 0 aliphatic carbocycles. The van der Waals surface area contributed by atoms with Gasteiger partial charge in [0.15, 0.2) is 11.5 Å². The molecule has 4 aromatic rings. The van der Waals surface area contributed by atoms with Gasteiger partial charge in [-0.2, -0.15) is 5.10 Å². The summed E-state index contributed by atoms with van der Waals surface area (Å²) in [6.45, 7) is 3.18. The second-order valence-electron chi connectivity index (χ2n) is 6.94. The molecule has 0 unspecified atom stereocenters. The summed E-state index contributed by atoms with van der Waals surface area (Å²) in [4.78, 5) is 0. The molecule has 0 atom stereocenters. The highest BCUT2D eigenvalue weighted by atomic mass is 16.6. The van der Waals surface area contributed by atoms with Crippen molar-refractivity contribution in [2.45, 2.75) is 6.92 Å². The monoisotopic (exact) mass is 384 g/mol. The highest BCUT2D eigenvalue weighted by molar-refractivity contribution is 5.79. The van der Waals surface area contributed by atoms with E-state index < -0.39 is 0 Å². The first-order valence-corrected chi connectivity index (χ1v) is 9.56. The molecule has 0 spiro atoms. The fourth-order valence-electron chi connectivity index (χ4n) is 3.35. The van der Waals surface area contributed by atoms with Gasteiger partial charge in [-0.25, -0.2) is 0 Å². The molecule has 0 radical (unpaired) electrons. The molecule has 0 saturated carbocycles. The van der Waals surface area contributed by atoms with Gasteiger partial charge in [-0.1, -0.05) is 29.8 Å². The number of para-hydroxylation sites is 1.